The average molecular weight is 481 g/mol. The fourth-order valence-corrected chi connectivity index (χ4v) is 4.73. The monoisotopic (exact) mass is 481 g/mol. The molecule has 176 valence electrons. The van der Waals surface area contributed by atoms with Crippen molar-refractivity contribution in [3.05, 3.63) is 60.2 Å². The number of halogens is 3. The summed E-state index contributed by atoms with van der Waals surface area (Å²) < 4.78 is 41.4. The molecule has 1 heterocycles. The van der Waals surface area contributed by atoms with E-state index in [0.717, 1.165) is 17.7 Å². The lowest BCUT2D eigenvalue weighted by Crippen LogP contribution is -2.60. The minimum atomic E-state index is -4.82. The molecule has 11 heteroatoms. The first kappa shape index (κ1) is 23.3. The van der Waals surface area contributed by atoms with Crippen LogP contribution in [0.25, 0.3) is 0 Å². The Labute approximate surface area is 193 Å². The molecule has 4 rings (SSSR count). The van der Waals surface area contributed by atoms with Crippen LogP contribution in [0.2, 0.25) is 0 Å². The van der Waals surface area contributed by atoms with Crippen LogP contribution in [-0.4, -0.2) is 51.9 Å². The number of amides is 1. The van der Waals surface area contributed by atoms with Crippen LogP contribution in [0.5, 0.6) is 5.75 Å². The number of benzene rings is 2. The maximum atomic E-state index is 13.1. The van der Waals surface area contributed by atoms with E-state index in [2.05, 4.69) is 15.4 Å². The van der Waals surface area contributed by atoms with Gasteiger partial charge in [-0.05, 0) is 48.5 Å². The third-order valence-corrected chi connectivity index (χ3v) is 6.15. The van der Waals surface area contributed by atoms with Crippen molar-refractivity contribution in [3.8, 4) is 5.75 Å². The number of nitrogens with zero attached hydrogens (tertiary/aromatic N) is 1. The normalized spacial score (nSPS) is 27.0. The Balaban J connectivity index is 1.57. The SMILES string of the molecule is O=C(NCc1ccccc1)[C@@H]1C[C@@H](O)[C@H](O)[C@@H]2NC(=S)N(c3ccc(OC(F)(F)F)cc3)[C@@H]21. The fourth-order valence-electron chi connectivity index (χ4n) is 4.37. The van der Waals surface area contributed by atoms with Crippen molar-refractivity contribution in [2.75, 3.05) is 4.90 Å². The number of hydrogen-bond donors (Lipinski definition) is 4. The van der Waals surface area contributed by atoms with Gasteiger partial charge in [-0.2, -0.15) is 0 Å². The number of rotatable bonds is 5. The highest BCUT2D eigenvalue weighted by Crippen LogP contribution is 2.37. The number of fused-ring (bicyclic) bond motifs is 1. The number of aliphatic hydroxyl groups is 2. The average Bonchev–Trinajstić information content (AvgIpc) is 3.12. The first-order valence-electron chi connectivity index (χ1n) is 10.3. The van der Waals surface area contributed by atoms with E-state index in [0.29, 0.717) is 5.69 Å². The molecule has 1 saturated carbocycles. The number of nitrogens with one attached hydrogen (secondary N) is 2. The van der Waals surface area contributed by atoms with Crippen LogP contribution in [0.15, 0.2) is 54.6 Å². The summed E-state index contributed by atoms with van der Waals surface area (Å²) in [4.78, 5) is 14.7. The standard InChI is InChI=1S/C22H22F3N3O4S/c23-22(24,25)32-14-8-6-13(7-9-14)28-18-15(10-16(29)19(30)17(18)27-21(28)33)20(31)26-11-12-4-2-1-3-5-12/h1-9,15-19,29-30H,10-11H2,(H,26,31)(H,27,33)/t15-,16-,17-,18-,19+/m1/s1. The molecule has 2 fully saturated rings. The molecule has 0 aromatic heterocycles. The zero-order chi connectivity index (χ0) is 23.8. The first-order chi connectivity index (χ1) is 15.6. The lowest BCUT2D eigenvalue weighted by Gasteiger charge is -2.41. The summed E-state index contributed by atoms with van der Waals surface area (Å²) in [5.74, 6) is -1.46. The minimum Gasteiger partial charge on any atom is -0.406 e. The molecular formula is C22H22F3N3O4S. The summed E-state index contributed by atoms with van der Waals surface area (Å²) in [5, 5.41) is 26.9. The van der Waals surface area contributed by atoms with E-state index >= 15 is 0 Å². The molecule has 7 nitrogen and oxygen atoms in total. The molecule has 2 aromatic rings. The number of hydrogen-bond acceptors (Lipinski definition) is 5. The van der Waals surface area contributed by atoms with Gasteiger partial charge >= 0.3 is 6.36 Å². The molecule has 1 aliphatic carbocycles. The second kappa shape index (κ2) is 9.16. The van der Waals surface area contributed by atoms with E-state index in [9.17, 15) is 28.2 Å². The molecule has 5 atom stereocenters. The number of carbonyl (C=O) groups excluding carboxylic acids is 1. The molecule has 33 heavy (non-hydrogen) atoms. The number of ether oxygens (including phenoxy) is 1. The van der Waals surface area contributed by atoms with Gasteiger partial charge in [0.1, 0.15) is 11.9 Å². The summed E-state index contributed by atoms with van der Waals surface area (Å²) in [5.41, 5.74) is 1.33. The highest BCUT2D eigenvalue weighted by atomic mass is 32.1. The third kappa shape index (κ3) is 5.05. The molecular weight excluding hydrogens is 459 g/mol. The zero-order valence-corrected chi connectivity index (χ0v) is 18.0. The van der Waals surface area contributed by atoms with Crippen LogP contribution in [0.4, 0.5) is 18.9 Å². The van der Waals surface area contributed by atoms with Crippen LogP contribution in [0.1, 0.15) is 12.0 Å². The molecule has 2 aromatic carbocycles. The molecule has 0 radical (unpaired) electrons. The molecule has 1 aliphatic heterocycles. The van der Waals surface area contributed by atoms with E-state index in [1.807, 2.05) is 30.3 Å². The summed E-state index contributed by atoms with van der Waals surface area (Å²) in [6, 6.07) is 13.0. The Morgan fingerprint density at radius 1 is 1.15 bits per heavy atom. The lowest BCUT2D eigenvalue weighted by molar-refractivity contribution is -0.274. The van der Waals surface area contributed by atoms with Crippen LogP contribution < -0.4 is 20.3 Å². The van der Waals surface area contributed by atoms with Crippen molar-refractivity contribution in [1.82, 2.24) is 10.6 Å². The minimum absolute atomic E-state index is 0.000974. The first-order valence-corrected chi connectivity index (χ1v) is 10.7. The van der Waals surface area contributed by atoms with Crippen molar-refractivity contribution in [3.63, 3.8) is 0 Å². The van der Waals surface area contributed by atoms with Crippen LogP contribution in [0.3, 0.4) is 0 Å². The van der Waals surface area contributed by atoms with Crippen LogP contribution >= 0.6 is 12.2 Å². The summed E-state index contributed by atoms with van der Waals surface area (Å²) >= 11 is 5.41. The number of anilines is 1. The van der Waals surface area contributed by atoms with E-state index in [4.69, 9.17) is 12.2 Å². The number of alkyl halides is 3. The maximum absolute atomic E-state index is 13.1. The number of aliphatic hydroxyl groups excluding tert-OH is 2. The highest BCUT2D eigenvalue weighted by Gasteiger charge is 2.53. The van der Waals surface area contributed by atoms with Gasteiger partial charge in [-0.25, -0.2) is 0 Å². The smallest absolute Gasteiger partial charge is 0.406 e. The van der Waals surface area contributed by atoms with Crippen molar-refractivity contribution < 1.29 is 32.9 Å². The van der Waals surface area contributed by atoms with Crippen LogP contribution in [-0.2, 0) is 11.3 Å². The van der Waals surface area contributed by atoms with Gasteiger partial charge in [0, 0.05) is 12.2 Å². The van der Waals surface area contributed by atoms with Gasteiger partial charge in [0.25, 0.3) is 0 Å². The quantitative estimate of drug-likeness (QED) is 0.486. The molecule has 0 bridgehead atoms. The van der Waals surface area contributed by atoms with Gasteiger partial charge in [-0.3, -0.25) is 4.79 Å². The van der Waals surface area contributed by atoms with Crippen molar-refractivity contribution in [2.24, 2.45) is 5.92 Å². The fraction of sp³-hybridized carbons (Fsp3) is 0.364. The second-order valence-corrected chi connectivity index (χ2v) is 8.37. The molecule has 0 unspecified atom stereocenters. The van der Waals surface area contributed by atoms with Crippen molar-refractivity contribution in [1.29, 1.82) is 0 Å². The predicted octanol–water partition coefficient (Wildman–Crippen LogP) is 2.07. The molecule has 1 amide bonds. The van der Waals surface area contributed by atoms with Crippen LogP contribution in [0, 0.1) is 5.92 Å². The Bertz CT molecular complexity index is 1010. The highest BCUT2D eigenvalue weighted by molar-refractivity contribution is 7.80. The van der Waals surface area contributed by atoms with Gasteiger partial charge in [0.15, 0.2) is 5.11 Å². The largest absolute Gasteiger partial charge is 0.573 e. The molecule has 0 spiro atoms. The third-order valence-electron chi connectivity index (χ3n) is 5.84. The Morgan fingerprint density at radius 2 is 1.82 bits per heavy atom. The maximum Gasteiger partial charge on any atom is 0.573 e. The van der Waals surface area contributed by atoms with E-state index < -0.39 is 42.3 Å². The lowest BCUT2D eigenvalue weighted by atomic mass is 9.77. The van der Waals surface area contributed by atoms with Gasteiger partial charge in [0.2, 0.25) is 5.91 Å². The Hall–Kier alpha value is -2.89. The van der Waals surface area contributed by atoms with E-state index in [1.165, 1.54) is 12.1 Å². The topological polar surface area (TPSA) is 94.1 Å². The summed E-state index contributed by atoms with van der Waals surface area (Å²) in [7, 11) is 0. The molecule has 2 aliphatic rings. The molecule has 1 saturated heterocycles. The second-order valence-electron chi connectivity index (χ2n) is 7.98. The zero-order valence-electron chi connectivity index (χ0n) is 17.2. The number of thiocarbonyl (C=S) groups is 1. The van der Waals surface area contributed by atoms with Crippen molar-refractivity contribution >= 4 is 28.9 Å². The molecule has 4 N–H and O–H groups in total. The van der Waals surface area contributed by atoms with Gasteiger partial charge in [-0.1, -0.05) is 30.3 Å². The summed E-state index contributed by atoms with van der Waals surface area (Å²) in [6.45, 7) is 0.285. The Morgan fingerprint density at radius 3 is 2.45 bits per heavy atom. The van der Waals surface area contributed by atoms with E-state index in [1.54, 1.807) is 4.90 Å². The van der Waals surface area contributed by atoms with Gasteiger partial charge in [0.05, 0.1) is 24.1 Å². The summed E-state index contributed by atoms with van der Waals surface area (Å²) in [6.07, 6.45) is -7.14. The van der Waals surface area contributed by atoms with E-state index in [-0.39, 0.29) is 24.0 Å². The predicted molar refractivity (Wildman–Crippen MR) is 117 cm³/mol. The Kier molecular flexibility index (Phi) is 6.46. The van der Waals surface area contributed by atoms with Gasteiger partial charge in [-0.15, -0.1) is 13.2 Å². The van der Waals surface area contributed by atoms with Gasteiger partial charge < -0.3 is 30.5 Å². The van der Waals surface area contributed by atoms with Crippen molar-refractivity contribution in [2.45, 2.75) is 43.6 Å². The number of carbonyl (C=O) groups is 1.